The molecule has 2 rings (SSSR count). The minimum absolute atomic E-state index is 0.310. The normalized spacial score (nSPS) is 16.3. The second-order valence-corrected chi connectivity index (χ2v) is 4.61. The number of halogens is 2. The van der Waals surface area contributed by atoms with Crippen molar-refractivity contribution in [3.05, 3.63) is 28.2 Å². The molecule has 1 aromatic carbocycles. The molecule has 0 unspecified atom stereocenters. The van der Waals surface area contributed by atoms with E-state index in [0.717, 1.165) is 0 Å². The second kappa shape index (κ2) is 6.24. The van der Waals surface area contributed by atoms with E-state index in [1.807, 2.05) is 0 Å². The summed E-state index contributed by atoms with van der Waals surface area (Å²) in [7, 11) is 0. The van der Waals surface area contributed by atoms with Crippen molar-refractivity contribution in [1.29, 1.82) is 0 Å². The molecular weight excluding hydrogens is 277 g/mol. The molecule has 0 spiro atoms. The second-order valence-electron chi connectivity index (χ2n) is 3.79. The smallest absolute Gasteiger partial charge is 0.333 e. The number of nitrogens with zero attached hydrogens (tertiary/aromatic N) is 1. The fourth-order valence-electron chi connectivity index (χ4n) is 1.55. The van der Waals surface area contributed by atoms with Crippen LogP contribution in [0, 0.1) is 0 Å². The van der Waals surface area contributed by atoms with Crippen LogP contribution in [-0.4, -0.2) is 37.3 Å². The summed E-state index contributed by atoms with van der Waals surface area (Å²) in [5.74, 6) is 0. The molecule has 1 aliphatic rings. The van der Waals surface area contributed by atoms with E-state index in [9.17, 15) is 4.79 Å². The Balaban J connectivity index is 1.88. The number of nitrogens with one attached hydrogen (secondary N) is 2. The lowest BCUT2D eigenvalue weighted by Crippen LogP contribution is -2.49. The number of ether oxygens (including phenoxy) is 1. The van der Waals surface area contributed by atoms with Crippen molar-refractivity contribution in [2.24, 2.45) is 0 Å². The molecule has 2 N–H and O–H groups in total. The van der Waals surface area contributed by atoms with E-state index < -0.39 is 0 Å². The van der Waals surface area contributed by atoms with Crippen LogP contribution < -0.4 is 10.7 Å². The van der Waals surface area contributed by atoms with Gasteiger partial charge in [0.15, 0.2) is 0 Å². The molecule has 98 valence electrons. The third-order valence-corrected chi connectivity index (χ3v) is 3.19. The Morgan fingerprint density at radius 2 is 1.94 bits per heavy atom. The van der Waals surface area contributed by atoms with Crippen molar-refractivity contribution in [3.8, 4) is 0 Å². The van der Waals surface area contributed by atoms with Crippen LogP contribution >= 0.6 is 23.2 Å². The van der Waals surface area contributed by atoms with E-state index in [-0.39, 0.29) is 6.03 Å². The van der Waals surface area contributed by atoms with E-state index in [0.29, 0.717) is 42.0 Å². The molecule has 18 heavy (non-hydrogen) atoms. The van der Waals surface area contributed by atoms with Crippen LogP contribution in [0.3, 0.4) is 0 Å². The number of hydrogen-bond donors (Lipinski definition) is 2. The number of urea groups is 1. The minimum atomic E-state index is -0.310. The van der Waals surface area contributed by atoms with Gasteiger partial charge in [0.05, 0.1) is 23.3 Å². The summed E-state index contributed by atoms with van der Waals surface area (Å²) in [5.41, 5.74) is 3.32. The highest BCUT2D eigenvalue weighted by molar-refractivity contribution is 6.42. The first-order chi connectivity index (χ1) is 8.65. The van der Waals surface area contributed by atoms with E-state index in [2.05, 4.69) is 10.7 Å². The monoisotopic (exact) mass is 289 g/mol. The summed E-state index contributed by atoms with van der Waals surface area (Å²) < 4.78 is 5.18. The van der Waals surface area contributed by atoms with Gasteiger partial charge in [-0.05, 0) is 18.2 Å². The summed E-state index contributed by atoms with van der Waals surface area (Å²) in [4.78, 5) is 11.7. The van der Waals surface area contributed by atoms with Gasteiger partial charge in [0.25, 0.3) is 0 Å². The van der Waals surface area contributed by atoms with Crippen LogP contribution in [0.5, 0.6) is 0 Å². The maximum absolute atomic E-state index is 11.7. The molecule has 2 amide bonds. The fraction of sp³-hybridized carbons (Fsp3) is 0.364. The van der Waals surface area contributed by atoms with Gasteiger partial charge in [0.2, 0.25) is 0 Å². The van der Waals surface area contributed by atoms with Crippen LogP contribution in [0.15, 0.2) is 18.2 Å². The molecule has 1 saturated heterocycles. The summed E-state index contributed by atoms with van der Waals surface area (Å²) in [6, 6.07) is 4.61. The Labute approximate surface area is 115 Å². The Kier molecular flexibility index (Phi) is 4.66. The molecule has 0 bridgehead atoms. The van der Waals surface area contributed by atoms with Crippen molar-refractivity contribution in [1.82, 2.24) is 10.4 Å². The molecule has 0 aliphatic carbocycles. The van der Waals surface area contributed by atoms with Gasteiger partial charge in [0, 0.05) is 18.8 Å². The van der Waals surface area contributed by atoms with E-state index >= 15 is 0 Å². The van der Waals surface area contributed by atoms with Gasteiger partial charge in [-0.3, -0.25) is 5.43 Å². The average molecular weight is 290 g/mol. The van der Waals surface area contributed by atoms with Gasteiger partial charge in [-0.25, -0.2) is 9.80 Å². The minimum Gasteiger partial charge on any atom is -0.379 e. The molecule has 0 saturated carbocycles. The number of hydrogen-bond acceptors (Lipinski definition) is 3. The highest BCUT2D eigenvalue weighted by atomic mass is 35.5. The topological polar surface area (TPSA) is 53.6 Å². The Morgan fingerprint density at radius 3 is 2.61 bits per heavy atom. The molecule has 1 aromatic rings. The van der Waals surface area contributed by atoms with Gasteiger partial charge < -0.3 is 10.1 Å². The van der Waals surface area contributed by atoms with Crippen molar-refractivity contribution in [2.45, 2.75) is 0 Å². The van der Waals surface area contributed by atoms with Gasteiger partial charge in [-0.2, -0.15) is 0 Å². The molecule has 1 heterocycles. The summed E-state index contributed by atoms with van der Waals surface area (Å²) in [6.45, 7) is 2.59. The number of carbonyl (C=O) groups excluding carboxylic acids is 1. The number of hydrazine groups is 1. The zero-order valence-corrected chi connectivity index (χ0v) is 11.1. The van der Waals surface area contributed by atoms with E-state index in [1.165, 1.54) is 0 Å². The van der Waals surface area contributed by atoms with Gasteiger partial charge >= 0.3 is 6.03 Å². The number of anilines is 1. The van der Waals surface area contributed by atoms with Crippen molar-refractivity contribution in [3.63, 3.8) is 0 Å². The highest BCUT2D eigenvalue weighted by Crippen LogP contribution is 2.24. The molecule has 0 atom stereocenters. The van der Waals surface area contributed by atoms with E-state index in [4.69, 9.17) is 27.9 Å². The zero-order chi connectivity index (χ0) is 13.0. The highest BCUT2D eigenvalue weighted by Gasteiger charge is 2.13. The molecule has 1 aliphatic heterocycles. The lowest BCUT2D eigenvalue weighted by atomic mass is 10.3. The zero-order valence-electron chi connectivity index (χ0n) is 9.58. The van der Waals surface area contributed by atoms with Crippen LogP contribution in [0.4, 0.5) is 10.5 Å². The van der Waals surface area contributed by atoms with Crippen LogP contribution in [0.1, 0.15) is 0 Å². The van der Waals surface area contributed by atoms with Crippen molar-refractivity contribution in [2.75, 3.05) is 31.6 Å². The SMILES string of the molecule is O=C(Nc1ccc(Cl)c(Cl)c1)NN1CCOCC1. The van der Waals surface area contributed by atoms with Crippen molar-refractivity contribution < 1.29 is 9.53 Å². The third-order valence-electron chi connectivity index (χ3n) is 2.45. The number of benzene rings is 1. The number of amides is 2. The summed E-state index contributed by atoms with van der Waals surface area (Å²) >= 11 is 11.6. The van der Waals surface area contributed by atoms with E-state index in [1.54, 1.807) is 23.2 Å². The maximum Gasteiger partial charge on any atom is 0.333 e. The molecule has 0 radical (unpaired) electrons. The number of rotatable bonds is 2. The Hall–Kier alpha value is -1.01. The number of carbonyl (C=O) groups is 1. The summed E-state index contributed by atoms with van der Waals surface area (Å²) in [5, 5.41) is 5.34. The van der Waals surface area contributed by atoms with Crippen LogP contribution in [-0.2, 0) is 4.74 Å². The average Bonchev–Trinajstić information content (AvgIpc) is 2.35. The maximum atomic E-state index is 11.7. The predicted octanol–water partition coefficient (Wildman–Crippen LogP) is 2.36. The molecule has 0 aromatic heterocycles. The molecule has 5 nitrogen and oxygen atoms in total. The van der Waals surface area contributed by atoms with Gasteiger partial charge in [-0.1, -0.05) is 23.2 Å². The van der Waals surface area contributed by atoms with Crippen molar-refractivity contribution >= 4 is 34.9 Å². The standard InChI is InChI=1S/C11H13Cl2N3O2/c12-9-2-1-8(7-10(9)13)14-11(17)15-16-3-5-18-6-4-16/h1-2,7H,3-6H2,(H2,14,15,17). The predicted molar refractivity (Wildman–Crippen MR) is 71.0 cm³/mol. The first kappa shape index (κ1) is 13.4. The van der Waals surface area contributed by atoms with Crippen LogP contribution in [0.25, 0.3) is 0 Å². The molecular formula is C11H13Cl2N3O2. The quantitative estimate of drug-likeness (QED) is 0.879. The Morgan fingerprint density at radius 1 is 1.22 bits per heavy atom. The number of morpholine rings is 1. The lowest BCUT2D eigenvalue weighted by molar-refractivity contribution is 0.0207. The molecule has 7 heteroatoms. The Bertz CT molecular complexity index is 436. The first-order valence-corrected chi connectivity index (χ1v) is 6.26. The fourth-order valence-corrected chi connectivity index (χ4v) is 1.85. The first-order valence-electron chi connectivity index (χ1n) is 5.50. The van der Waals surface area contributed by atoms with Gasteiger partial charge in [0.1, 0.15) is 0 Å². The largest absolute Gasteiger partial charge is 0.379 e. The third kappa shape index (κ3) is 3.74. The van der Waals surface area contributed by atoms with Crippen LogP contribution in [0.2, 0.25) is 10.0 Å². The van der Waals surface area contributed by atoms with Gasteiger partial charge in [-0.15, -0.1) is 0 Å². The summed E-state index contributed by atoms with van der Waals surface area (Å²) in [6.07, 6.45) is 0. The lowest BCUT2D eigenvalue weighted by Gasteiger charge is -2.26. The molecule has 1 fully saturated rings.